The Bertz CT molecular complexity index is 542. The molecular formula is C19H28O3. The number of hydrogen-bond acceptors (Lipinski definition) is 2. The fraction of sp³-hybridized carbons (Fsp3) is 0.632. The van der Waals surface area contributed by atoms with E-state index in [0.29, 0.717) is 18.4 Å². The molecule has 0 bridgehead atoms. The zero-order valence-electron chi connectivity index (χ0n) is 14.3. The molecular weight excluding hydrogens is 276 g/mol. The van der Waals surface area contributed by atoms with Crippen molar-refractivity contribution in [3.8, 4) is 5.75 Å². The summed E-state index contributed by atoms with van der Waals surface area (Å²) in [5, 5.41) is 9.07. The van der Waals surface area contributed by atoms with Crippen molar-refractivity contribution in [2.45, 2.75) is 52.9 Å². The zero-order valence-corrected chi connectivity index (χ0v) is 14.3. The molecule has 3 heteroatoms. The van der Waals surface area contributed by atoms with E-state index in [1.54, 1.807) is 0 Å². The predicted molar refractivity (Wildman–Crippen MR) is 88.4 cm³/mol. The van der Waals surface area contributed by atoms with Gasteiger partial charge < -0.3 is 9.84 Å². The van der Waals surface area contributed by atoms with Crippen LogP contribution >= 0.6 is 0 Å². The number of carboxylic acids is 1. The summed E-state index contributed by atoms with van der Waals surface area (Å²) in [5.74, 6) is 0.939. The monoisotopic (exact) mass is 304 g/mol. The van der Waals surface area contributed by atoms with Crippen molar-refractivity contribution in [3.05, 3.63) is 29.3 Å². The van der Waals surface area contributed by atoms with Crippen molar-refractivity contribution in [3.63, 3.8) is 0 Å². The van der Waals surface area contributed by atoms with Crippen molar-refractivity contribution in [2.75, 3.05) is 6.61 Å². The van der Waals surface area contributed by atoms with Gasteiger partial charge >= 0.3 is 5.97 Å². The van der Waals surface area contributed by atoms with Crippen LogP contribution in [-0.2, 0) is 16.6 Å². The molecule has 1 aromatic rings. The van der Waals surface area contributed by atoms with Crippen LogP contribution in [0.5, 0.6) is 5.75 Å². The van der Waals surface area contributed by atoms with Gasteiger partial charge in [0, 0.05) is 0 Å². The molecule has 0 aliphatic heterocycles. The van der Waals surface area contributed by atoms with Crippen LogP contribution in [0.2, 0.25) is 0 Å². The van der Waals surface area contributed by atoms with Gasteiger partial charge in [-0.15, -0.1) is 0 Å². The quantitative estimate of drug-likeness (QED) is 0.853. The minimum absolute atomic E-state index is 0.0347. The lowest BCUT2D eigenvalue weighted by atomic mass is 9.84. The molecule has 0 heterocycles. The van der Waals surface area contributed by atoms with Crippen molar-refractivity contribution in [1.82, 2.24) is 0 Å². The molecule has 0 amide bonds. The molecule has 122 valence electrons. The zero-order chi connectivity index (χ0) is 16.5. The smallest absolute Gasteiger partial charge is 0.306 e. The molecule has 1 saturated carbocycles. The first-order chi connectivity index (χ1) is 10.2. The highest BCUT2D eigenvalue weighted by Gasteiger charge is 2.46. The third kappa shape index (κ3) is 3.82. The Hall–Kier alpha value is -1.51. The van der Waals surface area contributed by atoms with Gasteiger partial charge in [-0.2, -0.15) is 0 Å². The standard InChI is InChI=1S/C19H28O3/c1-6-22-17-8-7-13(10-16(17)19(3,4)5)9-12(2)14-11-15(14)18(20)21/h7-8,10,12,14-15H,6,9,11H2,1-5H3,(H,20,21). The van der Waals surface area contributed by atoms with E-state index in [9.17, 15) is 4.79 Å². The van der Waals surface area contributed by atoms with E-state index >= 15 is 0 Å². The maximum absolute atomic E-state index is 11.0. The Balaban J connectivity index is 2.13. The molecule has 0 aromatic heterocycles. The molecule has 1 aliphatic rings. The summed E-state index contributed by atoms with van der Waals surface area (Å²) >= 11 is 0. The summed E-state index contributed by atoms with van der Waals surface area (Å²) in [6.45, 7) is 11.4. The molecule has 3 unspecified atom stereocenters. The average Bonchev–Trinajstić information content (AvgIpc) is 3.20. The van der Waals surface area contributed by atoms with Crippen molar-refractivity contribution >= 4 is 5.97 Å². The van der Waals surface area contributed by atoms with Crippen LogP contribution in [-0.4, -0.2) is 17.7 Å². The number of carbonyl (C=O) groups is 1. The fourth-order valence-corrected chi connectivity index (χ4v) is 3.22. The molecule has 1 N–H and O–H groups in total. The molecule has 0 radical (unpaired) electrons. The van der Waals surface area contributed by atoms with E-state index in [1.165, 1.54) is 11.1 Å². The molecule has 1 fully saturated rings. The Kier molecular flexibility index (Phi) is 4.84. The van der Waals surface area contributed by atoms with Gasteiger partial charge in [-0.05, 0) is 54.2 Å². The van der Waals surface area contributed by atoms with E-state index in [1.807, 2.05) is 6.92 Å². The topological polar surface area (TPSA) is 46.5 Å². The average molecular weight is 304 g/mol. The first kappa shape index (κ1) is 16.9. The van der Waals surface area contributed by atoms with Crippen LogP contribution in [0.25, 0.3) is 0 Å². The third-order valence-electron chi connectivity index (χ3n) is 4.60. The first-order valence-electron chi connectivity index (χ1n) is 8.23. The van der Waals surface area contributed by atoms with Crippen LogP contribution < -0.4 is 4.74 Å². The van der Waals surface area contributed by atoms with Gasteiger partial charge in [-0.1, -0.05) is 39.8 Å². The van der Waals surface area contributed by atoms with Gasteiger partial charge in [-0.25, -0.2) is 0 Å². The lowest BCUT2D eigenvalue weighted by Crippen LogP contribution is -2.15. The van der Waals surface area contributed by atoms with Crippen LogP contribution in [0, 0.1) is 17.8 Å². The number of rotatable bonds is 6. The second-order valence-corrected chi connectivity index (χ2v) is 7.54. The molecule has 3 atom stereocenters. The van der Waals surface area contributed by atoms with E-state index in [4.69, 9.17) is 9.84 Å². The van der Waals surface area contributed by atoms with E-state index in [0.717, 1.165) is 18.6 Å². The third-order valence-corrected chi connectivity index (χ3v) is 4.60. The summed E-state index contributed by atoms with van der Waals surface area (Å²) in [6, 6.07) is 6.42. The molecule has 0 spiro atoms. The molecule has 3 nitrogen and oxygen atoms in total. The van der Waals surface area contributed by atoms with E-state index in [-0.39, 0.29) is 11.3 Å². The molecule has 0 saturated heterocycles. The van der Waals surface area contributed by atoms with Crippen LogP contribution in [0.15, 0.2) is 18.2 Å². The van der Waals surface area contributed by atoms with Gasteiger partial charge in [0.1, 0.15) is 5.75 Å². The molecule has 1 aromatic carbocycles. The maximum atomic E-state index is 11.0. The molecule has 22 heavy (non-hydrogen) atoms. The second kappa shape index (κ2) is 6.31. The van der Waals surface area contributed by atoms with Gasteiger partial charge in [0.05, 0.1) is 12.5 Å². The first-order valence-corrected chi connectivity index (χ1v) is 8.23. The fourth-order valence-electron chi connectivity index (χ4n) is 3.22. The summed E-state index contributed by atoms with van der Waals surface area (Å²) in [7, 11) is 0. The van der Waals surface area contributed by atoms with Crippen molar-refractivity contribution < 1.29 is 14.6 Å². The van der Waals surface area contributed by atoms with E-state index < -0.39 is 5.97 Å². The lowest BCUT2D eigenvalue weighted by molar-refractivity contribution is -0.139. The van der Waals surface area contributed by atoms with Crippen molar-refractivity contribution in [2.24, 2.45) is 17.8 Å². The lowest BCUT2D eigenvalue weighted by Gasteiger charge is -2.24. The Labute approximate surface area is 133 Å². The highest BCUT2D eigenvalue weighted by molar-refractivity contribution is 5.73. The number of carboxylic acid groups (broad SMARTS) is 1. The highest BCUT2D eigenvalue weighted by Crippen LogP contribution is 2.45. The second-order valence-electron chi connectivity index (χ2n) is 7.54. The maximum Gasteiger partial charge on any atom is 0.306 e. The van der Waals surface area contributed by atoms with Gasteiger partial charge in [0.15, 0.2) is 0 Å². The highest BCUT2D eigenvalue weighted by atomic mass is 16.5. The Morgan fingerprint density at radius 3 is 2.59 bits per heavy atom. The van der Waals surface area contributed by atoms with E-state index in [2.05, 4.69) is 45.9 Å². The number of ether oxygens (including phenoxy) is 1. The van der Waals surface area contributed by atoms with Crippen LogP contribution in [0.3, 0.4) is 0 Å². The normalized spacial score (nSPS) is 22.2. The minimum Gasteiger partial charge on any atom is -0.494 e. The summed E-state index contributed by atoms with van der Waals surface area (Å²) in [4.78, 5) is 11.0. The minimum atomic E-state index is -0.640. The van der Waals surface area contributed by atoms with Gasteiger partial charge in [0.2, 0.25) is 0 Å². The molecule has 1 aliphatic carbocycles. The largest absolute Gasteiger partial charge is 0.494 e. The summed E-state index contributed by atoms with van der Waals surface area (Å²) < 4.78 is 5.75. The van der Waals surface area contributed by atoms with Gasteiger partial charge in [-0.3, -0.25) is 4.79 Å². The summed E-state index contributed by atoms with van der Waals surface area (Å²) in [5.41, 5.74) is 2.54. The Morgan fingerprint density at radius 2 is 2.09 bits per heavy atom. The molecule has 2 rings (SSSR count). The number of benzene rings is 1. The van der Waals surface area contributed by atoms with Crippen LogP contribution in [0.4, 0.5) is 0 Å². The van der Waals surface area contributed by atoms with Crippen molar-refractivity contribution in [1.29, 1.82) is 0 Å². The van der Waals surface area contributed by atoms with Gasteiger partial charge in [0.25, 0.3) is 0 Å². The summed E-state index contributed by atoms with van der Waals surface area (Å²) in [6.07, 6.45) is 1.77. The Morgan fingerprint density at radius 1 is 1.41 bits per heavy atom. The number of aliphatic carboxylic acids is 1. The number of hydrogen-bond donors (Lipinski definition) is 1. The van der Waals surface area contributed by atoms with Crippen LogP contribution in [0.1, 0.15) is 52.2 Å². The predicted octanol–water partition coefficient (Wildman–Crippen LogP) is 4.28. The SMILES string of the molecule is CCOc1ccc(CC(C)C2CC2C(=O)O)cc1C(C)(C)C.